The Hall–Kier alpha value is -1.66. The quantitative estimate of drug-likeness (QED) is 0.434. The van der Waals surface area contributed by atoms with Crippen molar-refractivity contribution in [2.75, 3.05) is 12.4 Å². The molecule has 0 N–H and O–H groups in total. The number of alkyl halides is 1. The highest BCUT2D eigenvalue weighted by Gasteiger charge is 2.10. The first-order valence-electron chi connectivity index (χ1n) is 6.96. The van der Waals surface area contributed by atoms with Gasteiger partial charge in [-0.25, -0.2) is 9.55 Å². The number of benzene rings is 1. The van der Waals surface area contributed by atoms with E-state index in [-0.39, 0.29) is 17.0 Å². The minimum atomic E-state index is 0. The fourth-order valence-corrected chi connectivity index (χ4v) is 2.55. The predicted molar refractivity (Wildman–Crippen MR) is 87.9 cm³/mol. The Morgan fingerprint density at radius 1 is 1.09 bits per heavy atom. The second-order valence-electron chi connectivity index (χ2n) is 4.77. The number of halogens is 2. The van der Waals surface area contributed by atoms with Gasteiger partial charge in [-0.15, -0.1) is 0 Å². The average molecular weight is 440 g/mol. The van der Waals surface area contributed by atoms with Gasteiger partial charge in [-0.05, 0) is 24.3 Å². The van der Waals surface area contributed by atoms with Crippen molar-refractivity contribution >= 4 is 15.9 Å². The van der Waals surface area contributed by atoms with Gasteiger partial charge in [-0.3, -0.25) is 0 Å². The number of aromatic nitrogens is 2. The van der Waals surface area contributed by atoms with Gasteiger partial charge in [0.2, 0.25) is 5.89 Å². The van der Waals surface area contributed by atoms with Crippen LogP contribution in [0.1, 0.15) is 0 Å². The van der Waals surface area contributed by atoms with E-state index in [0.717, 1.165) is 34.5 Å². The number of aryl methyl sites for hydroxylation is 1. The maximum absolute atomic E-state index is 5.86. The lowest BCUT2D eigenvalue weighted by atomic mass is 10.2. The molecule has 0 spiro atoms. The normalized spacial score (nSPS) is 10.2. The smallest absolute Gasteiger partial charge is 0.227 e. The number of nitrogens with zero attached hydrogens (tertiary/aromatic N) is 2. The number of ether oxygens (including phenoxy) is 1. The molecule has 0 aliphatic carbocycles. The van der Waals surface area contributed by atoms with Gasteiger partial charge in [0.25, 0.3) is 0 Å². The van der Waals surface area contributed by atoms with Crippen molar-refractivity contribution in [3.63, 3.8) is 0 Å². The molecule has 0 unspecified atom stereocenters. The highest BCUT2D eigenvalue weighted by atomic mass is 79.9. The molecule has 0 bridgehead atoms. The number of hydrogen-bond donors (Lipinski definition) is 0. The van der Waals surface area contributed by atoms with Crippen molar-refractivity contribution in [3.8, 4) is 28.5 Å². The Labute approximate surface area is 154 Å². The first kappa shape index (κ1) is 17.7. The third kappa shape index (κ3) is 4.20. The molecule has 23 heavy (non-hydrogen) atoms. The molecule has 1 aromatic carbocycles. The number of oxazole rings is 1. The van der Waals surface area contributed by atoms with Gasteiger partial charge >= 0.3 is 0 Å². The van der Waals surface area contributed by atoms with E-state index in [2.05, 4.69) is 25.5 Å². The summed E-state index contributed by atoms with van der Waals surface area (Å²) in [4.78, 5) is 4.36. The van der Waals surface area contributed by atoms with E-state index in [0.29, 0.717) is 5.89 Å². The molecule has 120 valence electrons. The van der Waals surface area contributed by atoms with Gasteiger partial charge in [0, 0.05) is 23.3 Å². The Morgan fingerprint density at radius 3 is 2.39 bits per heavy atom. The molecular weight excluding hydrogens is 424 g/mol. The van der Waals surface area contributed by atoms with Crippen molar-refractivity contribution < 1.29 is 30.7 Å². The molecule has 0 fully saturated rings. The predicted octanol–water partition coefficient (Wildman–Crippen LogP) is 0.704. The SMILES string of the molecule is COc1ccc(-c2cnc(-c3cc[n+](CCBr)cc3)o2)cc1.[Br-]. The van der Waals surface area contributed by atoms with E-state index < -0.39 is 0 Å². The minimum absolute atomic E-state index is 0. The summed E-state index contributed by atoms with van der Waals surface area (Å²) in [5, 5.41) is 0.928. The van der Waals surface area contributed by atoms with E-state index in [4.69, 9.17) is 9.15 Å². The topological polar surface area (TPSA) is 39.1 Å². The summed E-state index contributed by atoms with van der Waals surface area (Å²) in [6, 6.07) is 11.7. The van der Waals surface area contributed by atoms with Crippen LogP contribution in [0.3, 0.4) is 0 Å². The Balaban J connectivity index is 0.00000192. The van der Waals surface area contributed by atoms with Gasteiger partial charge < -0.3 is 26.1 Å². The summed E-state index contributed by atoms with van der Waals surface area (Å²) in [7, 11) is 1.65. The molecular formula is C17H16Br2N2O2. The Kier molecular flexibility index (Phi) is 6.36. The summed E-state index contributed by atoms with van der Waals surface area (Å²) in [5.74, 6) is 2.19. The highest BCUT2D eigenvalue weighted by Crippen LogP contribution is 2.26. The summed E-state index contributed by atoms with van der Waals surface area (Å²) < 4.78 is 13.1. The first-order chi connectivity index (χ1) is 10.8. The Morgan fingerprint density at radius 2 is 1.78 bits per heavy atom. The van der Waals surface area contributed by atoms with Crippen molar-refractivity contribution in [1.29, 1.82) is 0 Å². The molecule has 3 aromatic rings. The van der Waals surface area contributed by atoms with Crippen LogP contribution in [0.25, 0.3) is 22.8 Å². The summed E-state index contributed by atoms with van der Waals surface area (Å²) in [6.45, 7) is 0.933. The van der Waals surface area contributed by atoms with Crippen LogP contribution in [-0.2, 0) is 6.54 Å². The molecule has 0 aliphatic rings. The molecule has 4 nitrogen and oxygen atoms in total. The zero-order chi connectivity index (χ0) is 15.4. The second-order valence-corrected chi connectivity index (χ2v) is 5.56. The summed E-state index contributed by atoms with van der Waals surface area (Å²) >= 11 is 3.43. The second kappa shape index (κ2) is 8.26. The number of hydrogen-bond acceptors (Lipinski definition) is 3. The largest absolute Gasteiger partial charge is 1.00 e. The molecule has 0 atom stereocenters. The van der Waals surface area contributed by atoms with E-state index in [1.54, 1.807) is 13.3 Å². The van der Waals surface area contributed by atoms with Crippen molar-refractivity contribution in [1.82, 2.24) is 4.98 Å². The lowest BCUT2D eigenvalue weighted by Crippen LogP contribution is -3.00. The van der Waals surface area contributed by atoms with Crippen LogP contribution in [0.4, 0.5) is 0 Å². The van der Waals surface area contributed by atoms with Crippen LogP contribution in [0.5, 0.6) is 5.75 Å². The zero-order valence-corrected chi connectivity index (χ0v) is 15.7. The lowest BCUT2D eigenvalue weighted by Gasteiger charge is -2.00. The lowest BCUT2D eigenvalue weighted by molar-refractivity contribution is -0.692. The van der Waals surface area contributed by atoms with E-state index in [1.165, 1.54) is 0 Å². The van der Waals surface area contributed by atoms with Gasteiger partial charge in [0.1, 0.15) is 5.75 Å². The molecule has 0 amide bonds. The van der Waals surface area contributed by atoms with Crippen LogP contribution in [0, 0.1) is 0 Å². The van der Waals surface area contributed by atoms with Crippen LogP contribution in [0.15, 0.2) is 59.4 Å². The molecule has 2 heterocycles. The van der Waals surface area contributed by atoms with Crippen molar-refractivity contribution in [2.45, 2.75) is 6.54 Å². The van der Waals surface area contributed by atoms with Gasteiger partial charge in [0.05, 0.1) is 18.6 Å². The van der Waals surface area contributed by atoms with Crippen LogP contribution in [0.2, 0.25) is 0 Å². The fourth-order valence-electron chi connectivity index (χ4n) is 2.14. The molecule has 6 heteroatoms. The Bertz CT molecular complexity index is 740. The maximum Gasteiger partial charge on any atom is 0.227 e. The van der Waals surface area contributed by atoms with Crippen LogP contribution < -0.4 is 26.3 Å². The number of rotatable bonds is 5. The average Bonchev–Trinajstić information content (AvgIpc) is 3.06. The molecule has 0 aliphatic heterocycles. The zero-order valence-electron chi connectivity index (χ0n) is 12.6. The van der Waals surface area contributed by atoms with E-state index >= 15 is 0 Å². The maximum atomic E-state index is 5.86. The molecule has 3 rings (SSSR count). The molecule has 0 saturated carbocycles. The first-order valence-corrected chi connectivity index (χ1v) is 8.08. The van der Waals surface area contributed by atoms with Gasteiger partial charge in [-0.2, -0.15) is 0 Å². The minimum Gasteiger partial charge on any atom is -1.00 e. The van der Waals surface area contributed by atoms with Gasteiger partial charge in [0.15, 0.2) is 24.7 Å². The third-order valence-corrected chi connectivity index (χ3v) is 3.72. The van der Waals surface area contributed by atoms with Crippen molar-refractivity contribution in [3.05, 3.63) is 55.0 Å². The molecule has 0 radical (unpaired) electrons. The monoisotopic (exact) mass is 438 g/mol. The van der Waals surface area contributed by atoms with Crippen LogP contribution in [-0.4, -0.2) is 17.4 Å². The molecule has 2 aromatic heterocycles. The van der Waals surface area contributed by atoms with Gasteiger partial charge in [-0.1, -0.05) is 15.9 Å². The van der Waals surface area contributed by atoms with E-state index in [1.807, 2.05) is 48.8 Å². The highest BCUT2D eigenvalue weighted by molar-refractivity contribution is 9.09. The molecule has 0 saturated heterocycles. The number of pyridine rings is 1. The summed E-state index contributed by atoms with van der Waals surface area (Å²) in [5.41, 5.74) is 1.94. The summed E-state index contributed by atoms with van der Waals surface area (Å²) in [6.07, 6.45) is 5.79. The van der Waals surface area contributed by atoms with E-state index in [9.17, 15) is 0 Å². The third-order valence-electron chi connectivity index (χ3n) is 3.36. The standard InChI is InChI=1S/C17H16BrN2O2.BrH/c1-21-15-4-2-13(3-5-15)16-12-19-17(22-16)14-6-9-20(10-7-14)11-8-18;/h2-7,9-10,12H,8,11H2,1H3;1H/q+1;/p-1. The number of methoxy groups -OCH3 is 1. The van der Waals surface area contributed by atoms with Crippen molar-refractivity contribution in [2.24, 2.45) is 0 Å². The van der Waals surface area contributed by atoms with Crippen LogP contribution >= 0.6 is 15.9 Å². The fraction of sp³-hybridized carbons (Fsp3) is 0.176.